The van der Waals surface area contributed by atoms with Gasteiger partial charge in [-0.2, -0.15) is 0 Å². The largest absolute Gasteiger partial charge is 0.378 e. The summed E-state index contributed by atoms with van der Waals surface area (Å²) >= 11 is 3.38. The van der Waals surface area contributed by atoms with Gasteiger partial charge in [0.2, 0.25) is 0 Å². The highest BCUT2D eigenvalue weighted by atomic mass is 79.9. The van der Waals surface area contributed by atoms with E-state index in [0.29, 0.717) is 37.6 Å². The van der Waals surface area contributed by atoms with Gasteiger partial charge in [-0.3, -0.25) is 4.72 Å². The van der Waals surface area contributed by atoms with E-state index in [0.717, 1.165) is 16.2 Å². The molecule has 0 aromatic heterocycles. The van der Waals surface area contributed by atoms with Gasteiger partial charge in [-0.1, -0.05) is 15.9 Å². The molecule has 134 valence electrons. The number of nitrogens with one attached hydrogen (secondary N) is 1. The average molecular weight is 429 g/mol. The van der Waals surface area contributed by atoms with Crippen LogP contribution in [0.5, 0.6) is 0 Å². The first-order valence-electron chi connectivity index (χ1n) is 7.78. The molecule has 0 unspecified atom stereocenters. The Hall–Kier alpha value is -1.64. The standard InChI is InChI=1S/C17H18BrFN2O3S/c1-12-10-14(19)3-5-17(12)25(22,23)20-15-11-13(18)2-4-16(15)21-6-8-24-9-7-21/h2-5,10-11,20H,6-9H2,1H3. The molecule has 0 bridgehead atoms. The van der Waals surface area contributed by atoms with Crippen LogP contribution in [0.15, 0.2) is 45.8 Å². The summed E-state index contributed by atoms with van der Waals surface area (Å²) in [7, 11) is -3.83. The predicted octanol–water partition coefficient (Wildman–Crippen LogP) is 3.53. The molecule has 0 atom stereocenters. The number of hydrogen-bond donors (Lipinski definition) is 1. The SMILES string of the molecule is Cc1cc(F)ccc1S(=O)(=O)Nc1cc(Br)ccc1N1CCOCC1. The summed E-state index contributed by atoms with van der Waals surface area (Å²) in [5.41, 5.74) is 1.62. The minimum absolute atomic E-state index is 0.0572. The maximum absolute atomic E-state index is 13.3. The molecule has 1 fully saturated rings. The highest BCUT2D eigenvalue weighted by Crippen LogP contribution is 2.32. The number of rotatable bonds is 4. The quantitative estimate of drug-likeness (QED) is 0.808. The molecule has 1 aliphatic rings. The normalized spacial score (nSPS) is 15.2. The minimum Gasteiger partial charge on any atom is -0.378 e. The number of halogens is 2. The molecule has 1 N–H and O–H groups in total. The summed E-state index contributed by atoms with van der Waals surface area (Å²) in [6, 6.07) is 9.08. The number of morpholine rings is 1. The molecule has 0 saturated carbocycles. The van der Waals surface area contributed by atoms with Gasteiger partial charge in [-0.05, 0) is 48.9 Å². The van der Waals surface area contributed by atoms with Gasteiger partial charge < -0.3 is 9.64 Å². The molecule has 0 amide bonds. The molecule has 2 aromatic carbocycles. The minimum atomic E-state index is -3.83. The number of nitrogens with zero attached hydrogens (tertiary/aromatic N) is 1. The van der Waals surface area contributed by atoms with E-state index in [9.17, 15) is 12.8 Å². The van der Waals surface area contributed by atoms with E-state index in [1.54, 1.807) is 13.0 Å². The lowest BCUT2D eigenvalue weighted by molar-refractivity contribution is 0.123. The van der Waals surface area contributed by atoms with Crippen LogP contribution in [0.3, 0.4) is 0 Å². The van der Waals surface area contributed by atoms with Crippen LogP contribution >= 0.6 is 15.9 Å². The summed E-state index contributed by atoms with van der Waals surface area (Å²) < 4.78 is 47.6. The Kier molecular flexibility index (Phi) is 5.31. The molecule has 1 heterocycles. The highest BCUT2D eigenvalue weighted by molar-refractivity contribution is 9.10. The Labute approximate surface area is 155 Å². The van der Waals surface area contributed by atoms with Gasteiger partial charge in [0.15, 0.2) is 0 Å². The van der Waals surface area contributed by atoms with Crippen molar-refractivity contribution in [2.75, 3.05) is 35.9 Å². The second-order valence-corrected chi connectivity index (χ2v) is 8.34. The van der Waals surface area contributed by atoms with E-state index in [1.165, 1.54) is 12.1 Å². The van der Waals surface area contributed by atoms with Crippen molar-refractivity contribution in [3.05, 3.63) is 52.3 Å². The molecule has 8 heteroatoms. The van der Waals surface area contributed by atoms with E-state index in [4.69, 9.17) is 4.74 Å². The van der Waals surface area contributed by atoms with Crippen LogP contribution in [0.1, 0.15) is 5.56 Å². The van der Waals surface area contributed by atoms with Gasteiger partial charge in [-0.25, -0.2) is 12.8 Å². The third-order valence-corrected chi connectivity index (χ3v) is 6.00. The van der Waals surface area contributed by atoms with Crippen molar-refractivity contribution in [2.24, 2.45) is 0 Å². The van der Waals surface area contributed by atoms with Gasteiger partial charge in [0.1, 0.15) is 5.82 Å². The summed E-state index contributed by atoms with van der Waals surface area (Å²) in [4.78, 5) is 2.13. The summed E-state index contributed by atoms with van der Waals surface area (Å²) in [5.74, 6) is -0.465. The fourth-order valence-electron chi connectivity index (χ4n) is 2.78. The predicted molar refractivity (Wildman–Crippen MR) is 99.1 cm³/mol. The molecule has 5 nitrogen and oxygen atoms in total. The fourth-order valence-corrected chi connectivity index (χ4v) is 4.44. The van der Waals surface area contributed by atoms with Gasteiger partial charge >= 0.3 is 0 Å². The number of hydrogen-bond acceptors (Lipinski definition) is 4. The Morgan fingerprint density at radius 1 is 1.16 bits per heavy atom. The van der Waals surface area contributed by atoms with Crippen molar-refractivity contribution in [2.45, 2.75) is 11.8 Å². The lowest BCUT2D eigenvalue weighted by atomic mass is 10.2. The molecule has 0 radical (unpaired) electrons. The molecule has 1 saturated heterocycles. The fraction of sp³-hybridized carbons (Fsp3) is 0.294. The van der Waals surface area contributed by atoms with Crippen molar-refractivity contribution in [3.8, 4) is 0 Å². The van der Waals surface area contributed by atoms with E-state index < -0.39 is 15.8 Å². The molecular weight excluding hydrogens is 411 g/mol. The molecule has 0 aliphatic carbocycles. The van der Waals surface area contributed by atoms with Crippen molar-refractivity contribution >= 4 is 37.3 Å². The zero-order chi connectivity index (χ0) is 18.0. The number of anilines is 2. The molecule has 0 spiro atoms. The van der Waals surface area contributed by atoms with Crippen LogP contribution in [-0.4, -0.2) is 34.7 Å². The smallest absolute Gasteiger partial charge is 0.262 e. The topological polar surface area (TPSA) is 58.6 Å². The maximum Gasteiger partial charge on any atom is 0.262 e. The summed E-state index contributed by atoms with van der Waals surface area (Å²) in [6.45, 7) is 4.14. The first kappa shape index (κ1) is 18.2. The van der Waals surface area contributed by atoms with Crippen LogP contribution in [0.2, 0.25) is 0 Å². The monoisotopic (exact) mass is 428 g/mol. The van der Waals surface area contributed by atoms with Crippen LogP contribution in [0, 0.1) is 12.7 Å². The molecule has 3 rings (SSSR count). The first-order valence-corrected chi connectivity index (χ1v) is 10.1. The molecule has 25 heavy (non-hydrogen) atoms. The summed E-state index contributed by atoms with van der Waals surface area (Å²) in [5, 5.41) is 0. The van der Waals surface area contributed by atoms with Crippen molar-refractivity contribution < 1.29 is 17.5 Å². The highest BCUT2D eigenvalue weighted by Gasteiger charge is 2.21. The second-order valence-electron chi connectivity index (χ2n) is 5.78. The number of aryl methyl sites for hydroxylation is 1. The maximum atomic E-state index is 13.3. The summed E-state index contributed by atoms with van der Waals surface area (Å²) in [6.07, 6.45) is 0. The van der Waals surface area contributed by atoms with Gasteiger partial charge in [0.25, 0.3) is 10.0 Å². The van der Waals surface area contributed by atoms with E-state index in [-0.39, 0.29) is 4.90 Å². The zero-order valence-electron chi connectivity index (χ0n) is 13.6. The Bertz CT molecular complexity index is 883. The van der Waals surface area contributed by atoms with E-state index in [2.05, 4.69) is 25.6 Å². The van der Waals surface area contributed by atoms with Crippen molar-refractivity contribution in [3.63, 3.8) is 0 Å². The number of ether oxygens (including phenoxy) is 1. The van der Waals surface area contributed by atoms with Gasteiger partial charge in [0.05, 0.1) is 29.5 Å². The van der Waals surface area contributed by atoms with Gasteiger partial charge in [0, 0.05) is 17.6 Å². The average Bonchev–Trinajstić information content (AvgIpc) is 2.55. The third kappa shape index (κ3) is 4.13. The van der Waals surface area contributed by atoms with Crippen LogP contribution < -0.4 is 9.62 Å². The van der Waals surface area contributed by atoms with Gasteiger partial charge in [-0.15, -0.1) is 0 Å². The van der Waals surface area contributed by atoms with Crippen LogP contribution in [0.4, 0.5) is 15.8 Å². The van der Waals surface area contributed by atoms with Crippen LogP contribution in [0.25, 0.3) is 0 Å². The molecule has 1 aliphatic heterocycles. The van der Waals surface area contributed by atoms with Crippen molar-refractivity contribution in [1.82, 2.24) is 0 Å². The molecular formula is C17H18BrFN2O3S. The lowest BCUT2D eigenvalue weighted by Crippen LogP contribution is -2.36. The van der Waals surface area contributed by atoms with E-state index in [1.807, 2.05) is 12.1 Å². The molecule has 2 aromatic rings. The Balaban J connectivity index is 1.97. The second kappa shape index (κ2) is 7.31. The number of sulfonamides is 1. The zero-order valence-corrected chi connectivity index (χ0v) is 16.0. The Morgan fingerprint density at radius 2 is 1.88 bits per heavy atom. The van der Waals surface area contributed by atoms with E-state index >= 15 is 0 Å². The van der Waals surface area contributed by atoms with Crippen LogP contribution in [-0.2, 0) is 14.8 Å². The first-order chi connectivity index (χ1) is 11.9. The van der Waals surface area contributed by atoms with Crippen molar-refractivity contribution in [1.29, 1.82) is 0 Å². The Morgan fingerprint density at radius 3 is 2.56 bits per heavy atom. The number of benzene rings is 2. The third-order valence-electron chi connectivity index (χ3n) is 3.98. The lowest BCUT2D eigenvalue weighted by Gasteiger charge is -2.30.